The maximum absolute atomic E-state index is 11.8. The Kier molecular flexibility index (Phi) is 11.6. The van der Waals surface area contributed by atoms with Crippen LogP contribution in [0.4, 0.5) is 0 Å². The molecule has 2 N–H and O–H groups in total. The first-order valence-corrected chi connectivity index (χ1v) is 10.1. The van der Waals surface area contributed by atoms with Crippen molar-refractivity contribution < 1.29 is 34.0 Å². The van der Waals surface area contributed by atoms with Crippen LogP contribution in [0.15, 0.2) is 11.5 Å². The summed E-state index contributed by atoms with van der Waals surface area (Å²) in [4.78, 5) is 22.5. The summed E-state index contributed by atoms with van der Waals surface area (Å²) in [7, 11) is 0. The van der Waals surface area contributed by atoms with Crippen LogP contribution in [-0.2, 0) is 23.8 Å². The van der Waals surface area contributed by atoms with Gasteiger partial charge in [-0.25, -0.2) is 4.79 Å². The van der Waals surface area contributed by atoms with E-state index in [0.29, 0.717) is 6.61 Å². The van der Waals surface area contributed by atoms with Crippen LogP contribution in [0.25, 0.3) is 0 Å². The summed E-state index contributed by atoms with van der Waals surface area (Å²) in [6.45, 7) is 3.35. The number of cyclic esters (lactones) is 1. The smallest absolute Gasteiger partial charge is 0.378 e. The largest absolute Gasteiger partial charge is 0.505 e. The van der Waals surface area contributed by atoms with Crippen molar-refractivity contribution in [3.8, 4) is 0 Å². The van der Waals surface area contributed by atoms with Gasteiger partial charge in [-0.15, -0.1) is 0 Å². The highest BCUT2D eigenvalue weighted by Gasteiger charge is 2.40. The zero-order chi connectivity index (χ0) is 20.1. The lowest BCUT2D eigenvalue weighted by Crippen LogP contribution is -2.33. The van der Waals surface area contributed by atoms with Crippen molar-refractivity contribution in [3.63, 3.8) is 0 Å². The van der Waals surface area contributed by atoms with E-state index in [2.05, 4.69) is 11.7 Å². The Hall–Kier alpha value is -1.76. The number of rotatable bonds is 15. The van der Waals surface area contributed by atoms with Crippen molar-refractivity contribution in [2.24, 2.45) is 0 Å². The molecule has 27 heavy (non-hydrogen) atoms. The van der Waals surface area contributed by atoms with E-state index in [1.807, 2.05) is 0 Å². The van der Waals surface area contributed by atoms with Gasteiger partial charge < -0.3 is 24.4 Å². The summed E-state index contributed by atoms with van der Waals surface area (Å²) in [5, 5.41) is 19.9. The SMILES string of the molecule is CCCCCCCCCCCCOC1=C(O)[C@@H]([C@@H](O)COC(C)=O)OC1=O. The molecule has 1 rings (SSSR count). The third-order valence-electron chi connectivity index (χ3n) is 4.47. The Labute approximate surface area is 161 Å². The maximum Gasteiger partial charge on any atom is 0.378 e. The molecule has 0 aromatic rings. The van der Waals surface area contributed by atoms with E-state index < -0.39 is 29.9 Å². The topological polar surface area (TPSA) is 102 Å². The predicted molar refractivity (Wildman–Crippen MR) is 100.0 cm³/mol. The fourth-order valence-corrected chi connectivity index (χ4v) is 2.91. The molecule has 0 spiro atoms. The van der Waals surface area contributed by atoms with E-state index in [4.69, 9.17) is 9.47 Å². The first kappa shape index (κ1) is 23.3. The fraction of sp³-hybridized carbons (Fsp3) is 0.800. The minimum atomic E-state index is -1.34. The number of aliphatic hydroxyl groups is 2. The highest BCUT2D eigenvalue weighted by Crippen LogP contribution is 2.24. The van der Waals surface area contributed by atoms with Crippen molar-refractivity contribution >= 4 is 11.9 Å². The average Bonchev–Trinajstić information content (AvgIpc) is 2.92. The second kappa shape index (κ2) is 13.4. The van der Waals surface area contributed by atoms with E-state index in [9.17, 15) is 19.8 Å². The van der Waals surface area contributed by atoms with Crippen LogP contribution in [0.5, 0.6) is 0 Å². The first-order chi connectivity index (χ1) is 13.0. The Morgan fingerprint density at radius 3 is 2.19 bits per heavy atom. The van der Waals surface area contributed by atoms with Crippen molar-refractivity contribution in [2.75, 3.05) is 13.2 Å². The number of ether oxygens (including phenoxy) is 3. The van der Waals surface area contributed by atoms with Gasteiger partial charge in [-0.2, -0.15) is 0 Å². The molecule has 1 aliphatic rings. The van der Waals surface area contributed by atoms with Gasteiger partial charge in [0.15, 0.2) is 11.9 Å². The second-order valence-electron chi connectivity index (χ2n) is 6.94. The lowest BCUT2D eigenvalue weighted by atomic mass is 10.1. The molecule has 7 nitrogen and oxygen atoms in total. The Morgan fingerprint density at radius 2 is 1.63 bits per heavy atom. The summed E-state index contributed by atoms with van der Waals surface area (Å²) in [6, 6.07) is 0. The van der Waals surface area contributed by atoms with Crippen LogP contribution in [0.3, 0.4) is 0 Å². The molecule has 0 fully saturated rings. The van der Waals surface area contributed by atoms with Gasteiger partial charge in [-0.3, -0.25) is 4.79 Å². The van der Waals surface area contributed by atoms with Gasteiger partial charge in [0.25, 0.3) is 0 Å². The number of hydrogen-bond acceptors (Lipinski definition) is 7. The van der Waals surface area contributed by atoms with Gasteiger partial charge in [-0.1, -0.05) is 64.7 Å². The van der Waals surface area contributed by atoms with Crippen molar-refractivity contribution in [2.45, 2.75) is 90.3 Å². The molecular weight excluding hydrogens is 352 g/mol. The second-order valence-corrected chi connectivity index (χ2v) is 6.94. The first-order valence-electron chi connectivity index (χ1n) is 10.1. The van der Waals surface area contributed by atoms with Gasteiger partial charge in [0.2, 0.25) is 5.76 Å². The third-order valence-corrected chi connectivity index (χ3v) is 4.47. The summed E-state index contributed by atoms with van der Waals surface area (Å²) in [5.74, 6) is -2.10. The van der Waals surface area contributed by atoms with Crippen LogP contribution in [0.2, 0.25) is 0 Å². The molecule has 0 bridgehead atoms. The molecule has 1 aliphatic heterocycles. The zero-order valence-corrected chi connectivity index (χ0v) is 16.6. The van der Waals surface area contributed by atoms with Crippen molar-refractivity contribution in [1.29, 1.82) is 0 Å². The summed E-state index contributed by atoms with van der Waals surface area (Å²) < 4.78 is 14.9. The maximum atomic E-state index is 11.8. The highest BCUT2D eigenvalue weighted by atomic mass is 16.6. The number of unbranched alkanes of at least 4 members (excludes halogenated alkanes) is 9. The lowest BCUT2D eigenvalue weighted by Gasteiger charge is -2.16. The van der Waals surface area contributed by atoms with Gasteiger partial charge in [-0.05, 0) is 6.42 Å². The van der Waals surface area contributed by atoms with Gasteiger partial charge >= 0.3 is 11.9 Å². The van der Waals surface area contributed by atoms with Gasteiger partial charge in [0, 0.05) is 6.92 Å². The van der Waals surface area contributed by atoms with Crippen molar-refractivity contribution in [1.82, 2.24) is 0 Å². The summed E-state index contributed by atoms with van der Waals surface area (Å²) in [6.07, 6.45) is 9.28. The van der Waals surface area contributed by atoms with Gasteiger partial charge in [0.1, 0.15) is 12.7 Å². The third kappa shape index (κ3) is 9.13. The molecule has 0 aromatic heterocycles. The molecule has 0 aromatic carbocycles. The normalized spacial score (nSPS) is 17.7. The molecular formula is C20H34O7. The molecule has 156 valence electrons. The monoisotopic (exact) mass is 386 g/mol. The van der Waals surface area contributed by atoms with E-state index in [1.165, 1.54) is 51.9 Å². The molecule has 0 amide bonds. The molecule has 7 heteroatoms. The molecule has 0 unspecified atom stereocenters. The van der Waals surface area contributed by atoms with Crippen LogP contribution >= 0.6 is 0 Å². The van der Waals surface area contributed by atoms with E-state index in [1.54, 1.807) is 0 Å². The molecule has 2 atom stereocenters. The number of carbonyl (C=O) groups is 2. The Bertz CT molecular complexity index is 487. The quantitative estimate of drug-likeness (QED) is 0.328. The standard InChI is InChI=1S/C20H34O7/c1-3-4-5-6-7-8-9-10-11-12-13-25-19-17(23)18(27-20(19)24)16(22)14-26-15(2)21/h16,18,22-23H,3-14H2,1-2H3/t16-,18+/m0/s1. The molecule has 0 radical (unpaired) electrons. The molecule has 0 saturated heterocycles. The van der Waals surface area contributed by atoms with Gasteiger partial charge in [0.05, 0.1) is 6.61 Å². The number of aliphatic hydroxyl groups excluding tert-OH is 2. The van der Waals surface area contributed by atoms with Crippen molar-refractivity contribution in [3.05, 3.63) is 11.5 Å². The van der Waals surface area contributed by atoms with Crippen LogP contribution < -0.4 is 0 Å². The molecule has 0 saturated carbocycles. The summed E-state index contributed by atoms with van der Waals surface area (Å²) in [5.41, 5.74) is 0. The number of carbonyl (C=O) groups excluding carboxylic acids is 2. The van der Waals surface area contributed by atoms with E-state index in [0.717, 1.165) is 19.3 Å². The fourth-order valence-electron chi connectivity index (χ4n) is 2.91. The molecule has 1 heterocycles. The number of hydrogen-bond donors (Lipinski definition) is 2. The highest BCUT2D eigenvalue weighted by molar-refractivity contribution is 5.89. The predicted octanol–water partition coefficient (Wildman–Crippen LogP) is 3.54. The average molecular weight is 386 g/mol. The van der Waals surface area contributed by atoms with Crippen LogP contribution in [0, 0.1) is 0 Å². The number of esters is 2. The van der Waals surface area contributed by atoms with E-state index in [-0.39, 0.29) is 12.4 Å². The zero-order valence-electron chi connectivity index (χ0n) is 16.6. The van der Waals surface area contributed by atoms with Crippen LogP contribution in [-0.4, -0.2) is 47.6 Å². The summed E-state index contributed by atoms with van der Waals surface area (Å²) >= 11 is 0. The lowest BCUT2D eigenvalue weighted by molar-refractivity contribution is -0.153. The Balaban J connectivity index is 2.17. The van der Waals surface area contributed by atoms with Crippen LogP contribution in [0.1, 0.15) is 78.1 Å². The minimum Gasteiger partial charge on any atom is -0.505 e. The molecule has 0 aliphatic carbocycles. The minimum absolute atomic E-state index is 0.266. The van der Waals surface area contributed by atoms with E-state index >= 15 is 0 Å². The Morgan fingerprint density at radius 1 is 1.07 bits per heavy atom.